The smallest absolute Gasteiger partial charge is 0.337 e. The molecule has 0 aliphatic rings. The molecular formula is C13H16N2O5. The third kappa shape index (κ3) is 4.27. The number of carbonyl (C=O) groups is 3. The molecule has 20 heavy (non-hydrogen) atoms. The number of amides is 2. The van der Waals surface area contributed by atoms with Gasteiger partial charge >= 0.3 is 18.0 Å². The maximum Gasteiger partial charge on any atom is 0.337 e. The van der Waals surface area contributed by atoms with Crippen LogP contribution in [0.2, 0.25) is 0 Å². The van der Waals surface area contributed by atoms with Crippen molar-refractivity contribution in [1.29, 1.82) is 0 Å². The summed E-state index contributed by atoms with van der Waals surface area (Å²) in [5.74, 6) is -1.68. The van der Waals surface area contributed by atoms with Crippen molar-refractivity contribution in [3.8, 4) is 0 Å². The lowest BCUT2D eigenvalue weighted by Crippen LogP contribution is -2.36. The standard InChI is InChI=1S/C13H16N2O5/c1-3-20-11(16)8-15(2)13(19)14-10-7-5-4-6-9(10)12(17)18/h4-7H,3,8H2,1-2H3,(H,14,19)(H,17,18). The molecule has 7 heteroatoms. The first-order valence-electron chi connectivity index (χ1n) is 5.95. The molecule has 0 atom stereocenters. The highest BCUT2D eigenvalue weighted by Crippen LogP contribution is 2.15. The van der Waals surface area contributed by atoms with Crippen LogP contribution in [-0.4, -0.2) is 48.2 Å². The van der Waals surface area contributed by atoms with Gasteiger partial charge in [0.1, 0.15) is 6.54 Å². The van der Waals surface area contributed by atoms with E-state index in [2.05, 4.69) is 5.32 Å². The number of ether oxygens (including phenoxy) is 1. The third-order valence-corrected chi connectivity index (χ3v) is 2.42. The van der Waals surface area contributed by atoms with Crippen LogP contribution < -0.4 is 5.32 Å². The van der Waals surface area contributed by atoms with Crippen LogP contribution >= 0.6 is 0 Å². The minimum absolute atomic E-state index is 0.0228. The van der Waals surface area contributed by atoms with Crippen LogP contribution in [0.15, 0.2) is 24.3 Å². The van der Waals surface area contributed by atoms with Gasteiger partial charge in [-0.15, -0.1) is 0 Å². The lowest BCUT2D eigenvalue weighted by atomic mass is 10.2. The third-order valence-electron chi connectivity index (χ3n) is 2.42. The Kier molecular flexibility index (Phi) is 5.52. The molecule has 1 aromatic rings. The average molecular weight is 280 g/mol. The Bertz CT molecular complexity index is 515. The minimum Gasteiger partial charge on any atom is -0.478 e. The molecule has 0 spiro atoms. The van der Waals surface area contributed by atoms with Gasteiger partial charge in [-0.3, -0.25) is 4.79 Å². The number of urea groups is 1. The van der Waals surface area contributed by atoms with Crippen molar-refractivity contribution in [2.45, 2.75) is 6.92 Å². The fourth-order valence-electron chi connectivity index (χ4n) is 1.46. The first-order chi connectivity index (χ1) is 9.45. The average Bonchev–Trinajstić information content (AvgIpc) is 2.39. The SMILES string of the molecule is CCOC(=O)CN(C)C(=O)Nc1ccccc1C(=O)O. The summed E-state index contributed by atoms with van der Waals surface area (Å²) in [5, 5.41) is 11.4. The summed E-state index contributed by atoms with van der Waals surface area (Å²) in [5.41, 5.74) is 0.145. The molecule has 0 fully saturated rings. The van der Waals surface area contributed by atoms with Crippen LogP contribution in [0.25, 0.3) is 0 Å². The number of carboxylic acids is 1. The predicted octanol–water partition coefficient (Wildman–Crippen LogP) is 1.41. The molecule has 108 valence electrons. The zero-order valence-corrected chi connectivity index (χ0v) is 11.3. The number of nitrogens with zero attached hydrogens (tertiary/aromatic N) is 1. The molecular weight excluding hydrogens is 264 g/mol. The Morgan fingerprint density at radius 3 is 2.55 bits per heavy atom. The zero-order valence-electron chi connectivity index (χ0n) is 11.3. The molecule has 2 N–H and O–H groups in total. The fourth-order valence-corrected chi connectivity index (χ4v) is 1.46. The van der Waals surface area contributed by atoms with Gasteiger partial charge in [0.05, 0.1) is 17.9 Å². The van der Waals surface area contributed by atoms with E-state index in [1.54, 1.807) is 19.1 Å². The first-order valence-corrected chi connectivity index (χ1v) is 5.95. The predicted molar refractivity (Wildman–Crippen MR) is 71.7 cm³/mol. The van der Waals surface area contributed by atoms with Crippen LogP contribution in [0.3, 0.4) is 0 Å². The second-order valence-corrected chi connectivity index (χ2v) is 3.94. The van der Waals surface area contributed by atoms with E-state index in [1.807, 2.05) is 0 Å². The number of aromatic carboxylic acids is 1. The van der Waals surface area contributed by atoms with E-state index in [4.69, 9.17) is 9.84 Å². The highest BCUT2D eigenvalue weighted by Gasteiger charge is 2.16. The van der Waals surface area contributed by atoms with E-state index < -0.39 is 18.0 Å². The quantitative estimate of drug-likeness (QED) is 0.795. The molecule has 2 amide bonds. The van der Waals surface area contributed by atoms with Crippen molar-refractivity contribution in [3.05, 3.63) is 29.8 Å². The molecule has 0 saturated heterocycles. The number of para-hydroxylation sites is 1. The normalized spacial score (nSPS) is 9.70. The maximum absolute atomic E-state index is 11.8. The molecule has 1 aromatic carbocycles. The van der Waals surface area contributed by atoms with Crippen LogP contribution in [0.4, 0.5) is 10.5 Å². The largest absolute Gasteiger partial charge is 0.478 e. The number of esters is 1. The van der Waals surface area contributed by atoms with Crippen LogP contribution in [0.1, 0.15) is 17.3 Å². The van der Waals surface area contributed by atoms with Crippen molar-refractivity contribution in [2.24, 2.45) is 0 Å². The van der Waals surface area contributed by atoms with Gasteiger partial charge in [-0.25, -0.2) is 9.59 Å². The molecule has 0 aliphatic heterocycles. The topological polar surface area (TPSA) is 95.9 Å². The Morgan fingerprint density at radius 2 is 1.95 bits per heavy atom. The van der Waals surface area contributed by atoms with Crippen molar-refractivity contribution in [3.63, 3.8) is 0 Å². The highest BCUT2D eigenvalue weighted by molar-refractivity contribution is 6.00. The maximum atomic E-state index is 11.8. The number of nitrogens with one attached hydrogen (secondary N) is 1. The van der Waals surface area contributed by atoms with Gasteiger partial charge in [0.25, 0.3) is 0 Å². The number of hydrogen-bond acceptors (Lipinski definition) is 4. The van der Waals surface area contributed by atoms with Gasteiger partial charge in [-0.05, 0) is 19.1 Å². The van der Waals surface area contributed by atoms with E-state index in [0.717, 1.165) is 4.90 Å². The van der Waals surface area contributed by atoms with Crippen LogP contribution in [0, 0.1) is 0 Å². The van der Waals surface area contributed by atoms with E-state index in [-0.39, 0.29) is 24.4 Å². The molecule has 7 nitrogen and oxygen atoms in total. The molecule has 0 radical (unpaired) electrons. The van der Waals surface area contributed by atoms with Crippen molar-refractivity contribution < 1.29 is 24.2 Å². The van der Waals surface area contributed by atoms with Gasteiger partial charge in [0.2, 0.25) is 0 Å². The molecule has 0 heterocycles. The number of benzene rings is 1. The second kappa shape index (κ2) is 7.13. The van der Waals surface area contributed by atoms with Gasteiger partial charge in [-0.2, -0.15) is 0 Å². The Balaban J connectivity index is 2.71. The summed E-state index contributed by atoms with van der Waals surface area (Å²) in [4.78, 5) is 35.2. The number of carboxylic acid groups (broad SMARTS) is 1. The Labute approximate surface area is 116 Å². The lowest BCUT2D eigenvalue weighted by molar-refractivity contribution is -0.143. The zero-order chi connectivity index (χ0) is 15.1. The van der Waals surface area contributed by atoms with E-state index in [0.29, 0.717) is 0 Å². The molecule has 0 aliphatic carbocycles. The molecule has 0 bridgehead atoms. The highest BCUT2D eigenvalue weighted by atomic mass is 16.5. The number of likely N-dealkylation sites (N-methyl/N-ethyl adjacent to an activating group) is 1. The van der Waals surface area contributed by atoms with E-state index >= 15 is 0 Å². The summed E-state index contributed by atoms with van der Waals surface area (Å²) < 4.78 is 4.72. The summed E-state index contributed by atoms with van der Waals surface area (Å²) in [6.07, 6.45) is 0. The minimum atomic E-state index is -1.14. The number of rotatable bonds is 5. The van der Waals surface area contributed by atoms with Gasteiger partial charge in [0.15, 0.2) is 0 Å². The van der Waals surface area contributed by atoms with Gasteiger partial charge in [0, 0.05) is 7.05 Å². The van der Waals surface area contributed by atoms with Crippen LogP contribution in [-0.2, 0) is 9.53 Å². The van der Waals surface area contributed by atoms with E-state index in [9.17, 15) is 14.4 Å². The second-order valence-electron chi connectivity index (χ2n) is 3.94. The van der Waals surface area contributed by atoms with Gasteiger partial charge in [-0.1, -0.05) is 12.1 Å². The number of anilines is 1. The molecule has 0 aromatic heterocycles. The number of hydrogen-bond donors (Lipinski definition) is 2. The van der Waals surface area contributed by atoms with E-state index in [1.165, 1.54) is 19.2 Å². The summed E-state index contributed by atoms with van der Waals surface area (Å²) in [7, 11) is 1.41. The van der Waals surface area contributed by atoms with Gasteiger partial charge < -0.3 is 20.1 Å². The summed E-state index contributed by atoms with van der Waals surface area (Å²) >= 11 is 0. The first kappa shape index (κ1) is 15.5. The molecule has 1 rings (SSSR count). The Morgan fingerprint density at radius 1 is 1.30 bits per heavy atom. The van der Waals surface area contributed by atoms with Crippen molar-refractivity contribution in [2.75, 3.05) is 25.5 Å². The summed E-state index contributed by atoms with van der Waals surface area (Å²) in [6, 6.07) is 5.42. The number of carbonyl (C=O) groups excluding carboxylic acids is 2. The molecule has 0 unspecified atom stereocenters. The van der Waals surface area contributed by atoms with Crippen molar-refractivity contribution in [1.82, 2.24) is 4.90 Å². The van der Waals surface area contributed by atoms with Crippen molar-refractivity contribution >= 4 is 23.7 Å². The Hall–Kier alpha value is -2.57. The fraction of sp³-hybridized carbons (Fsp3) is 0.308. The summed E-state index contributed by atoms with van der Waals surface area (Å²) in [6.45, 7) is 1.69. The van der Waals surface area contributed by atoms with Crippen LogP contribution in [0.5, 0.6) is 0 Å². The monoisotopic (exact) mass is 280 g/mol. The molecule has 0 saturated carbocycles. The lowest BCUT2D eigenvalue weighted by Gasteiger charge is -2.17.